The molecule has 3 saturated carbocycles. The third-order valence-corrected chi connectivity index (χ3v) is 5.96. The molecular formula is C15H25N3O. The molecule has 1 spiro atoms. The van der Waals surface area contributed by atoms with Gasteiger partial charge in [0, 0.05) is 31.0 Å². The van der Waals surface area contributed by atoms with Crippen molar-refractivity contribution in [2.75, 3.05) is 13.7 Å². The van der Waals surface area contributed by atoms with Crippen molar-refractivity contribution in [1.29, 1.82) is 0 Å². The number of aliphatic imine (C=N–C) groups is 1. The first-order valence-corrected chi connectivity index (χ1v) is 7.90. The smallest absolute Gasteiger partial charge is 0.191 e. The molecule has 106 valence electrons. The molecule has 4 nitrogen and oxygen atoms in total. The quantitative estimate of drug-likeness (QED) is 0.610. The Hall–Kier alpha value is -0.770. The van der Waals surface area contributed by atoms with Gasteiger partial charge >= 0.3 is 0 Å². The van der Waals surface area contributed by atoms with Gasteiger partial charge in [-0.05, 0) is 32.1 Å². The maximum absolute atomic E-state index is 6.24. The fourth-order valence-corrected chi connectivity index (χ4v) is 4.72. The van der Waals surface area contributed by atoms with E-state index in [-0.39, 0.29) is 0 Å². The summed E-state index contributed by atoms with van der Waals surface area (Å²) in [6, 6.07) is 1.09. The summed E-state index contributed by atoms with van der Waals surface area (Å²) in [5.74, 6) is 1.41. The lowest BCUT2D eigenvalue weighted by Crippen LogP contribution is -2.61. The fraction of sp³-hybridized carbons (Fsp3) is 0.933. The maximum atomic E-state index is 6.24. The monoisotopic (exact) mass is 263 g/mol. The fourth-order valence-electron chi connectivity index (χ4n) is 4.72. The van der Waals surface area contributed by atoms with Crippen LogP contribution in [0.2, 0.25) is 0 Å². The Morgan fingerprint density at radius 1 is 1.26 bits per heavy atom. The van der Waals surface area contributed by atoms with Gasteiger partial charge in [0.05, 0.1) is 12.1 Å². The molecule has 1 saturated heterocycles. The topological polar surface area (TPSA) is 50.8 Å². The van der Waals surface area contributed by atoms with Gasteiger partial charge in [-0.2, -0.15) is 0 Å². The third kappa shape index (κ3) is 1.65. The van der Waals surface area contributed by atoms with E-state index in [4.69, 9.17) is 15.5 Å². The molecule has 0 aromatic carbocycles. The summed E-state index contributed by atoms with van der Waals surface area (Å²) in [5, 5.41) is 0. The Bertz CT molecular complexity index is 398. The lowest BCUT2D eigenvalue weighted by atomic mass is 9.54. The second kappa shape index (κ2) is 4.11. The van der Waals surface area contributed by atoms with Crippen molar-refractivity contribution in [2.24, 2.45) is 22.1 Å². The van der Waals surface area contributed by atoms with E-state index in [9.17, 15) is 0 Å². The minimum Gasteiger partial charge on any atom is -0.377 e. The number of nitrogens with two attached hydrogens (primary N) is 1. The summed E-state index contributed by atoms with van der Waals surface area (Å²) >= 11 is 0. The van der Waals surface area contributed by atoms with Crippen molar-refractivity contribution in [1.82, 2.24) is 4.90 Å². The van der Waals surface area contributed by atoms with Gasteiger partial charge < -0.3 is 15.4 Å². The molecule has 4 heteroatoms. The maximum Gasteiger partial charge on any atom is 0.191 e. The van der Waals surface area contributed by atoms with E-state index < -0.39 is 0 Å². The highest BCUT2D eigenvalue weighted by Gasteiger charge is 2.65. The van der Waals surface area contributed by atoms with E-state index in [2.05, 4.69) is 11.9 Å². The highest BCUT2D eigenvalue weighted by molar-refractivity contribution is 5.78. The zero-order valence-corrected chi connectivity index (χ0v) is 11.8. The predicted octanol–water partition coefficient (Wildman–Crippen LogP) is 1.74. The van der Waals surface area contributed by atoms with E-state index in [0.717, 1.165) is 12.6 Å². The third-order valence-electron chi connectivity index (χ3n) is 5.96. The first-order valence-electron chi connectivity index (χ1n) is 7.90. The summed E-state index contributed by atoms with van der Waals surface area (Å²) in [6.07, 6.45) is 9.50. The average Bonchev–Trinajstić information content (AvgIpc) is 2.96. The van der Waals surface area contributed by atoms with Crippen LogP contribution in [0.5, 0.6) is 0 Å². The standard InChI is InChI=1S/C15H25N3O/c1-18(10-4-5-10)14(16)17-12-11-6-9-19-13(11)15(12)7-2-3-8-15/h10-13H,2-9H2,1H3,(H2,16,17). The molecule has 0 bridgehead atoms. The molecule has 3 unspecified atom stereocenters. The zero-order valence-electron chi connectivity index (χ0n) is 11.8. The minimum absolute atomic E-state index is 0.343. The minimum atomic E-state index is 0.343. The Kier molecular flexibility index (Phi) is 2.60. The van der Waals surface area contributed by atoms with Crippen molar-refractivity contribution in [3.05, 3.63) is 0 Å². The highest BCUT2D eigenvalue weighted by Crippen LogP contribution is 2.62. The molecule has 1 aliphatic heterocycles. The van der Waals surface area contributed by atoms with Gasteiger partial charge in [0.2, 0.25) is 0 Å². The van der Waals surface area contributed by atoms with Crippen LogP contribution >= 0.6 is 0 Å². The molecule has 0 aromatic rings. The van der Waals surface area contributed by atoms with Crippen LogP contribution in [-0.4, -0.2) is 42.7 Å². The van der Waals surface area contributed by atoms with Gasteiger partial charge in [0.25, 0.3) is 0 Å². The average molecular weight is 263 g/mol. The Morgan fingerprint density at radius 3 is 2.68 bits per heavy atom. The molecule has 2 N–H and O–H groups in total. The number of ether oxygens (including phenoxy) is 1. The molecule has 3 aliphatic carbocycles. The molecule has 4 fully saturated rings. The summed E-state index contributed by atoms with van der Waals surface area (Å²) < 4.78 is 6.00. The Morgan fingerprint density at radius 2 is 2.00 bits per heavy atom. The first kappa shape index (κ1) is 12.0. The van der Waals surface area contributed by atoms with Gasteiger partial charge in [0.1, 0.15) is 0 Å². The molecule has 1 heterocycles. The van der Waals surface area contributed by atoms with Crippen molar-refractivity contribution >= 4 is 5.96 Å². The van der Waals surface area contributed by atoms with Gasteiger partial charge in [-0.25, -0.2) is 4.99 Å². The number of rotatable bonds is 2. The molecule has 0 aromatic heterocycles. The second-order valence-corrected chi connectivity index (χ2v) is 6.96. The zero-order chi connectivity index (χ0) is 13.0. The number of hydrogen-bond donors (Lipinski definition) is 1. The molecule has 19 heavy (non-hydrogen) atoms. The van der Waals surface area contributed by atoms with Gasteiger partial charge in [-0.3, -0.25) is 0 Å². The number of fused-ring (bicyclic) bond motifs is 2. The molecule has 3 atom stereocenters. The molecule has 0 radical (unpaired) electrons. The van der Waals surface area contributed by atoms with Gasteiger partial charge in [0.15, 0.2) is 5.96 Å². The Balaban J connectivity index is 1.56. The normalized spacial score (nSPS) is 40.3. The van der Waals surface area contributed by atoms with Crippen molar-refractivity contribution in [3.63, 3.8) is 0 Å². The van der Waals surface area contributed by atoms with Crippen LogP contribution in [0.25, 0.3) is 0 Å². The SMILES string of the molecule is CN(C(N)=NC1C2CCOC2C12CCCC2)C1CC1. The van der Waals surface area contributed by atoms with Gasteiger partial charge in [-0.15, -0.1) is 0 Å². The van der Waals surface area contributed by atoms with E-state index in [0.29, 0.717) is 29.5 Å². The van der Waals surface area contributed by atoms with E-state index in [1.807, 2.05) is 0 Å². The summed E-state index contributed by atoms with van der Waals surface area (Å²) in [4.78, 5) is 7.15. The van der Waals surface area contributed by atoms with Crippen molar-refractivity contribution in [2.45, 2.75) is 63.1 Å². The molecule has 4 aliphatic rings. The van der Waals surface area contributed by atoms with Crippen LogP contribution in [0.15, 0.2) is 4.99 Å². The van der Waals surface area contributed by atoms with Crippen molar-refractivity contribution in [3.8, 4) is 0 Å². The Labute approximate surface area is 115 Å². The largest absolute Gasteiger partial charge is 0.377 e. The van der Waals surface area contributed by atoms with Crippen LogP contribution in [0.4, 0.5) is 0 Å². The molecule has 0 amide bonds. The summed E-state index contributed by atoms with van der Waals surface area (Å²) in [7, 11) is 2.10. The van der Waals surface area contributed by atoms with Crippen LogP contribution < -0.4 is 5.73 Å². The second-order valence-electron chi connectivity index (χ2n) is 6.96. The van der Waals surface area contributed by atoms with Crippen molar-refractivity contribution < 1.29 is 4.74 Å². The summed E-state index contributed by atoms with van der Waals surface area (Å²) in [6.45, 7) is 0.932. The van der Waals surface area contributed by atoms with Crippen LogP contribution in [0, 0.1) is 11.3 Å². The van der Waals surface area contributed by atoms with E-state index in [1.165, 1.54) is 44.9 Å². The number of guanidine groups is 1. The molecule has 4 rings (SSSR count). The molecular weight excluding hydrogens is 238 g/mol. The highest BCUT2D eigenvalue weighted by atomic mass is 16.5. The first-order chi connectivity index (χ1) is 9.22. The lowest BCUT2D eigenvalue weighted by molar-refractivity contribution is -0.117. The van der Waals surface area contributed by atoms with Crippen LogP contribution in [-0.2, 0) is 4.74 Å². The lowest BCUT2D eigenvalue weighted by Gasteiger charge is -2.54. The van der Waals surface area contributed by atoms with E-state index in [1.54, 1.807) is 0 Å². The predicted molar refractivity (Wildman–Crippen MR) is 74.9 cm³/mol. The van der Waals surface area contributed by atoms with Gasteiger partial charge in [-0.1, -0.05) is 12.8 Å². The van der Waals surface area contributed by atoms with Crippen LogP contribution in [0.1, 0.15) is 44.9 Å². The summed E-state index contributed by atoms with van der Waals surface area (Å²) in [5.41, 5.74) is 6.58. The number of nitrogens with zero attached hydrogens (tertiary/aromatic N) is 2. The number of hydrogen-bond acceptors (Lipinski definition) is 2. The van der Waals surface area contributed by atoms with Crippen LogP contribution in [0.3, 0.4) is 0 Å². The van der Waals surface area contributed by atoms with E-state index >= 15 is 0 Å².